The van der Waals surface area contributed by atoms with Crippen LogP contribution in [0.3, 0.4) is 0 Å². The quantitative estimate of drug-likeness (QED) is 0.661. The van der Waals surface area contributed by atoms with Gasteiger partial charge in [0.1, 0.15) is 23.0 Å². The lowest BCUT2D eigenvalue weighted by Gasteiger charge is -2.27. The fourth-order valence-corrected chi connectivity index (χ4v) is 3.63. The third-order valence-electron chi connectivity index (χ3n) is 5.20. The van der Waals surface area contributed by atoms with Gasteiger partial charge in [0.05, 0.1) is 30.8 Å². The minimum Gasteiger partial charge on any atom is -0.383 e. The molecule has 4 rings (SSSR count). The zero-order chi connectivity index (χ0) is 19.9. The van der Waals surface area contributed by atoms with E-state index in [1.165, 1.54) is 0 Å². The average molecular weight is 385 g/mol. The summed E-state index contributed by atoms with van der Waals surface area (Å²) >= 11 is 0. The van der Waals surface area contributed by atoms with Crippen LogP contribution in [0.5, 0.6) is 0 Å². The number of methoxy groups -OCH3 is 1. The molecule has 4 heterocycles. The van der Waals surface area contributed by atoms with Crippen LogP contribution in [0.4, 0.5) is 5.82 Å². The number of rotatable bonds is 5. The highest BCUT2D eigenvalue weighted by atomic mass is 16.6. The molecule has 1 fully saturated rings. The molecule has 1 aliphatic heterocycles. The largest absolute Gasteiger partial charge is 0.383 e. The maximum absolute atomic E-state index is 5.44. The molecular formula is C19H27N7O2. The van der Waals surface area contributed by atoms with Crippen molar-refractivity contribution in [3.63, 3.8) is 0 Å². The normalized spacial score (nSPS) is 17.8. The van der Waals surface area contributed by atoms with E-state index in [1.807, 2.05) is 17.8 Å². The first-order chi connectivity index (χ1) is 13.4. The van der Waals surface area contributed by atoms with Crippen molar-refractivity contribution in [1.82, 2.24) is 30.1 Å². The molecule has 0 aromatic carbocycles. The lowest BCUT2D eigenvalue weighted by atomic mass is 9.95. The van der Waals surface area contributed by atoms with Gasteiger partial charge in [-0.25, -0.2) is 19.3 Å². The molecule has 3 aromatic rings. The molecule has 1 unspecified atom stereocenters. The number of aryl methyl sites for hydroxylation is 1. The molecule has 9 nitrogen and oxygen atoms in total. The van der Waals surface area contributed by atoms with Crippen LogP contribution in [-0.2, 0) is 16.7 Å². The number of hydrogen-bond acceptors (Lipinski definition) is 8. The molecule has 0 spiro atoms. The lowest BCUT2D eigenvalue weighted by molar-refractivity contribution is 0.180. The van der Waals surface area contributed by atoms with Crippen molar-refractivity contribution in [2.75, 3.05) is 25.2 Å². The molecule has 0 bridgehead atoms. The van der Waals surface area contributed by atoms with E-state index in [2.05, 4.69) is 41.1 Å². The van der Waals surface area contributed by atoms with Gasteiger partial charge in [0.15, 0.2) is 5.65 Å². The molecule has 3 aromatic heterocycles. The van der Waals surface area contributed by atoms with Crippen LogP contribution in [0, 0.1) is 6.92 Å². The van der Waals surface area contributed by atoms with Gasteiger partial charge in [-0.3, -0.25) is 0 Å². The maximum Gasteiger partial charge on any atom is 0.164 e. The second-order valence-corrected chi connectivity index (χ2v) is 8.40. The monoisotopic (exact) mass is 385 g/mol. The van der Waals surface area contributed by atoms with Gasteiger partial charge < -0.3 is 9.64 Å². The summed E-state index contributed by atoms with van der Waals surface area (Å²) in [7, 11) is 1.75. The van der Waals surface area contributed by atoms with E-state index in [-0.39, 0.29) is 5.41 Å². The molecule has 1 aliphatic rings. The Hall–Kier alpha value is -2.55. The van der Waals surface area contributed by atoms with Gasteiger partial charge in [0, 0.05) is 19.1 Å². The van der Waals surface area contributed by atoms with Crippen LogP contribution in [0.25, 0.3) is 11.0 Å². The Kier molecular flexibility index (Phi) is 4.78. The van der Waals surface area contributed by atoms with Gasteiger partial charge in [-0.2, -0.15) is 5.10 Å². The van der Waals surface area contributed by atoms with Crippen LogP contribution in [0.15, 0.2) is 10.8 Å². The summed E-state index contributed by atoms with van der Waals surface area (Å²) in [6, 6.07) is 0.321. The standard InChI is InChI=1S/C19H27N7O2/c1-12-15(24-28-23-12)10-26-17-14(9-20-26)16(21-18(22-17)19(2,3)4)25-8-6-7-13(25)11-27-5/h9,13H,6-8,10-11H2,1-5H3. The van der Waals surface area contributed by atoms with Gasteiger partial charge >= 0.3 is 0 Å². The lowest BCUT2D eigenvalue weighted by Crippen LogP contribution is -2.34. The Bertz CT molecular complexity index is 972. The van der Waals surface area contributed by atoms with Crippen molar-refractivity contribution < 1.29 is 9.37 Å². The van der Waals surface area contributed by atoms with Crippen LogP contribution in [0.1, 0.15) is 50.8 Å². The summed E-state index contributed by atoms with van der Waals surface area (Å²) in [5, 5.41) is 13.4. The Balaban J connectivity index is 1.83. The molecule has 0 amide bonds. The first-order valence-corrected chi connectivity index (χ1v) is 9.66. The molecule has 0 radical (unpaired) electrons. The van der Waals surface area contributed by atoms with E-state index in [0.29, 0.717) is 19.2 Å². The topological polar surface area (TPSA) is 95.0 Å². The van der Waals surface area contributed by atoms with Gasteiger partial charge in [-0.15, -0.1) is 0 Å². The minimum atomic E-state index is -0.181. The summed E-state index contributed by atoms with van der Waals surface area (Å²) < 4.78 is 12.1. The van der Waals surface area contributed by atoms with Gasteiger partial charge in [0.25, 0.3) is 0 Å². The molecule has 150 valence electrons. The van der Waals surface area contributed by atoms with Crippen molar-refractivity contribution in [1.29, 1.82) is 0 Å². The second-order valence-electron chi connectivity index (χ2n) is 8.40. The fourth-order valence-electron chi connectivity index (χ4n) is 3.63. The summed E-state index contributed by atoms with van der Waals surface area (Å²) in [5.41, 5.74) is 2.13. The van der Waals surface area contributed by atoms with Crippen LogP contribution in [-0.4, -0.2) is 56.4 Å². The third kappa shape index (κ3) is 3.34. The van der Waals surface area contributed by atoms with Gasteiger partial charge in [0.2, 0.25) is 0 Å². The van der Waals surface area contributed by atoms with Gasteiger partial charge in [-0.05, 0) is 19.8 Å². The second kappa shape index (κ2) is 7.12. The van der Waals surface area contributed by atoms with E-state index >= 15 is 0 Å². The van der Waals surface area contributed by atoms with E-state index < -0.39 is 0 Å². The Morgan fingerprint density at radius 3 is 2.75 bits per heavy atom. The maximum atomic E-state index is 5.44. The Morgan fingerprint density at radius 2 is 2.07 bits per heavy atom. The van der Waals surface area contributed by atoms with E-state index in [9.17, 15) is 0 Å². The summed E-state index contributed by atoms with van der Waals surface area (Å²) in [6.45, 7) is 10.4. The molecule has 1 atom stereocenters. The van der Waals surface area contributed by atoms with Crippen molar-refractivity contribution in [3.8, 4) is 0 Å². The third-order valence-corrected chi connectivity index (χ3v) is 5.20. The zero-order valence-corrected chi connectivity index (χ0v) is 17.1. The molecule has 0 aliphatic carbocycles. The predicted molar refractivity (Wildman–Crippen MR) is 104 cm³/mol. The summed E-state index contributed by atoms with van der Waals surface area (Å²) in [5.74, 6) is 1.74. The van der Waals surface area contributed by atoms with E-state index in [4.69, 9.17) is 19.3 Å². The fraction of sp³-hybridized carbons (Fsp3) is 0.632. The minimum absolute atomic E-state index is 0.181. The van der Waals surface area contributed by atoms with Crippen molar-refractivity contribution in [2.24, 2.45) is 0 Å². The highest BCUT2D eigenvalue weighted by Gasteiger charge is 2.30. The zero-order valence-electron chi connectivity index (χ0n) is 17.1. The summed E-state index contributed by atoms with van der Waals surface area (Å²) in [4.78, 5) is 12.2. The smallest absolute Gasteiger partial charge is 0.164 e. The first kappa shape index (κ1) is 18.8. The summed E-state index contributed by atoms with van der Waals surface area (Å²) in [6.07, 6.45) is 4.08. The number of fused-ring (bicyclic) bond motifs is 1. The van der Waals surface area contributed by atoms with E-state index in [1.54, 1.807) is 7.11 Å². The van der Waals surface area contributed by atoms with Crippen molar-refractivity contribution in [2.45, 2.75) is 58.5 Å². The predicted octanol–water partition coefficient (Wildman–Crippen LogP) is 2.48. The van der Waals surface area contributed by atoms with Crippen LogP contribution in [0.2, 0.25) is 0 Å². The Morgan fingerprint density at radius 1 is 1.25 bits per heavy atom. The Labute approximate surface area is 164 Å². The average Bonchev–Trinajstić information content (AvgIpc) is 3.36. The molecule has 28 heavy (non-hydrogen) atoms. The number of nitrogens with zero attached hydrogens (tertiary/aromatic N) is 7. The number of aromatic nitrogens is 6. The molecule has 1 saturated heterocycles. The molecule has 9 heteroatoms. The van der Waals surface area contributed by atoms with Gasteiger partial charge in [-0.1, -0.05) is 31.1 Å². The molecule has 0 N–H and O–H groups in total. The SMILES string of the molecule is COCC1CCCN1c1nc(C(C)(C)C)nc2c1cnn2Cc1nonc1C. The number of hydrogen-bond donors (Lipinski definition) is 0. The number of ether oxygens (including phenoxy) is 1. The molecular weight excluding hydrogens is 358 g/mol. The van der Waals surface area contributed by atoms with Crippen LogP contribution < -0.4 is 4.90 Å². The highest BCUT2D eigenvalue weighted by molar-refractivity contribution is 5.87. The molecule has 0 saturated carbocycles. The van der Waals surface area contributed by atoms with Crippen molar-refractivity contribution in [3.05, 3.63) is 23.4 Å². The highest BCUT2D eigenvalue weighted by Crippen LogP contribution is 2.32. The first-order valence-electron chi connectivity index (χ1n) is 9.66. The van der Waals surface area contributed by atoms with Crippen molar-refractivity contribution >= 4 is 16.9 Å². The van der Waals surface area contributed by atoms with E-state index in [0.717, 1.165) is 53.4 Å². The van der Waals surface area contributed by atoms with Crippen LogP contribution >= 0.6 is 0 Å². The number of anilines is 1.